The van der Waals surface area contributed by atoms with Crippen molar-refractivity contribution in [2.24, 2.45) is 5.92 Å². The van der Waals surface area contributed by atoms with E-state index in [-0.39, 0.29) is 29.4 Å². The van der Waals surface area contributed by atoms with Crippen LogP contribution >= 0.6 is 24.0 Å². The maximum absolute atomic E-state index is 12.9. The average molecular weight is 321 g/mol. The van der Waals surface area contributed by atoms with E-state index in [1.165, 1.54) is 12.1 Å². The largest absolute Gasteiger partial charge is 0.349 e. The van der Waals surface area contributed by atoms with Crippen molar-refractivity contribution in [2.75, 3.05) is 13.1 Å². The number of rotatable bonds is 3. The van der Waals surface area contributed by atoms with E-state index in [0.717, 1.165) is 32.0 Å². The molecule has 2 atom stereocenters. The number of piperidine rings is 1. The number of amides is 1. The van der Waals surface area contributed by atoms with Crippen molar-refractivity contribution in [1.29, 1.82) is 0 Å². The van der Waals surface area contributed by atoms with Crippen LogP contribution in [-0.2, 0) is 0 Å². The molecular formula is C14H19Cl2FN2O. The Morgan fingerprint density at radius 2 is 2.30 bits per heavy atom. The summed E-state index contributed by atoms with van der Waals surface area (Å²) in [6.45, 7) is 3.95. The predicted molar refractivity (Wildman–Crippen MR) is 81.2 cm³/mol. The molecule has 1 aromatic rings. The molecule has 0 aliphatic carbocycles. The van der Waals surface area contributed by atoms with Gasteiger partial charge in [-0.15, -0.1) is 12.4 Å². The third-order valence-electron chi connectivity index (χ3n) is 3.58. The van der Waals surface area contributed by atoms with Crippen LogP contribution in [0.4, 0.5) is 4.39 Å². The Balaban J connectivity index is 0.00000200. The van der Waals surface area contributed by atoms with Crippen LogP contribution < -0.4 is 10.6 Å². The van der Waals surface area contributed by atoms with E-state index in [0.29, 0.717) is 11.5 Å². The van der Waals surface area contributed by atoms with E-state index in [9.17, 15) is 9.18 Å². The predicted octanol–water partition coefficient (Wildman–Crippen LogP) is 3.02. The van der Waals surface area contributed by atoms with Crippen LogP contribution in [0.5, 0.6) is 0 Å². The second kappa shape index (κ2) is 7.81. The lowest BCUT2D eigenvalue weighted by atomic mass is 9.92. The summed E-state index contributed by atoms with van der Waals surface area (Å²) in [4.78, 5) is 12.1. The molecule has 2 unspecified atom stereocenters. The molecule has 2 rings (SSSR count). The third-order valence-corrected chi connectivity index (χ3v) is 3.89. The van der Waals surface area contributed by atoms with Crippen LogP contribution in [0.1, 0.15) is 30.1 Å². The highest BCUT2D eigenvalue weighted by atomic mass is 35.5. The van der Waals surface area contributed by atoms with E-state index in [4.69, 9.17) is 11.6 Å². The van der Waals surface area contributed by atoms with Crippen molar-refractivity contribution >= 4 is 29.9 Å². The fourth-order valence-electron chi connectivity index (χ4n) is 2.38. The van der Waals surface area contributed by atoms with Gasteiger partial charge >= 0.3 is 0 Å². The van der Waals surface area contributed by atoms with Crippen LogP contribution in [0.15, 0.2) is 18.2 Å². The smallest absolute Gasteiger partial charge is 0.253 e. The summed E-state index contributed by atoms with van der Waals surface area (Å²) >= 11 is 5.88. The molecule has 6 heteroatoms. The van der Waals surface area contributed by atoms with Crippen LogP contribution in [0.3, 0.4) is 0 Å². The van der Waals surface area contributed by atoms with Gasteiger partial charge in [0.2, 0.25) is 0 Å². The van der Waals surface area contributed by atoms with Gasteiger partial charge in [-0.1, -0.05) is 11.6 Å². The maximum Gasteiger partial charge on any atom is 0.253 e. The van der Waals surface area contributed by atoms with Crippen molar-refractivity contribution in [3.63, 3.8) is 0 Å². The van der Waals surface area contributed by atoms with Crippen LogP contribution in [0.25, 0.3) is 0 Å². The zero-order valence-corrected chi connectivity index (χ0v) is 12.9. The second-order valence-corrected chi connectivity index (χ2v) is 5.40. The summed E-state index contributed by atoms with van der Waals surface area (Å²) in [5.41, 5.74) is 0.318. The first-order chi connectivity index (χ1) is 9.08. The van der Waals surface area contributed by atoms with Crippen molar-refractivity contribution in [2.45, 2.75) is 25.8 Å². The lowest BCUT2D eigenvalue weighted by Gasteiger charge is -2.29. The molecule has 112 valence electrons. The number of halogens is 3. The van der Waals surface area contributed by atoms with Gasteiger partial charge < -0.3 is 10.6 Å². The molecule has 1 amide bonds. The van der Waals surface area contributed by atoms with Crippen LogP contribution in [0.2, 0.25) is 5.02 Å². The van der Waals surface area contributed by atoms with Crippen LogP contribution in [0, 0.1) is 11.7 Å². The Kier molecular flexibility index (Phi) is 6.72. The van der Waals surface area contributed by atoms with E-state index < -0.39 is 5.82 Å². The fourth-order valence-corrected chi connectivity index (χ4v) is 2.63. The standard InChI is InChI=1S/C14H18ClFN2O.ClH/c1-9(10-3-2-6-17-8-10)18-14(19)12-5-4-11(16)7-13(12)15;/h4-5,7,9-10,17H,2-3,6,8H2,1H3,(H,18,19);1H. The zero-order valence-electron chi connectivity index (χ0n) is 11.3. The summed E-state index contributed by atoms with van der Waals surface area (Å²) in [5, 5.41) is 6.41. The number of benzene rings is 1. The van der Waals surface area contributed by atoms with E-state index in [1.54, 1.807) is 0 Å². The van der Waals surface area contributed by atoms with Gasteiger partial charge in [0.15, 0.2) is 0 Å². The van der Waals surface area contributed by atoms with Crippen molar-refractivity contribution < 1.29 is 9.18 Å². The minimum Gasteiger partial charge on any atom is -0.349 e. The zero-order chi connectivity index (χ0) is 13.8. The first-order valence-electron chi connectivity index (χ1n) is 6.54. The maximum atomic E-state index is 12.9. The van der Waals surface area contributed by atoms with E-state index in [2.05, 4.69) is 10.6 Å². The summed E-state index contributed by atoms with van der Waals surface area (Å²) < 4.78 is 12.9. The molecule has 1 aliphatic heterocycles. The molecule has 2 N–H and O–H groups in total. The lowest BCUT2D eigenvalue weighted by Crippen LogP contribution is -2.44. The molecular weight excluding hydrogens is 302 g/mol. The van der Waals surface area contributed by atoms with Gasteiger partial charge in [0.05, 0.1) is 10.6 Å². The fraction of sp³-hybridized carbons (Fsp3) is 0.500. The first-order valence-corrected chi connectivity index (χ1v) is 6.92. The summed E-state index contributed by atoms with van der Waals surface area (Å²) in [6, 6.07) is 3.89. The third kappa shape index (κ3) is 4.33. The Bertz CT molecular complexity index is 464. The SMILES string of the molecule is CC(NC(=O)c1ccc(F)cc1Cl)C1CCCNC1.Cl. The monoisotopic (exact) mass is 320 g/mol. The minimum atomic E-state index is -0.439. The molecule has 0 saturated carbocycles. The Morgan fingerprint density at radius 3 is 2.90 bits per heavy atom. The van der Waals surface area contributed by atoms with E-state index >= 15 is 0 Å². The van der Waals surface area contributed by atoms with Crippen molar-refractivity contribution in [1.82, 2.24) is 10.6 Å². The average Bonchev–Trinajstić information content (AvgIpc) is 2.39. The number of hydrogen-bond donors (Lipinski definition) is 2. The van der Waals surface area contributed by atoms with Gasteiger partial charge in [0, 0.05) is 6.04 Å². The normalized spacial score (nSPS) is 19.9. The van der Waals surface area contributed by atoms with Gasteiger partial charge in [-0.25, -0.2) is 4.39 Å². The molecule has 0 spiro atoms. The number of carbonyl (C=O) groups excluding carboxylic acids is 1. The topological polar surface area (TPSA) is 41.1 Å². The molecule has 1 saturated heterocycles. The highest BCUT2D eigenvalue weighted by Crippen LogP contribution is 2.19. The number of nitrogens with one attached hydrogen (secondary N) is 2. The number of hydrogen-bond acceptors (Lipinski definition) is 2. The molecule has 0 bridgehead atoms. The number of carbonyl (C=O) groups is 1. The van der Waals surface area contributed by atoms with Gasteiger partial charge in [0.25, 0.3) is 5.91 Å². The molecule has 1 heterocycles. The Hall–Kier alpha value is -0.840. The molecule has 3 nitrogen and oxygen atoms in total. The van der Waals surface area contributed by atoms with Gasteiger partial charge in [0.1, 0.15) is 5.82 Å². The second-order valence-electron chi connectivity index (χ2n) is 4.99. The highest BCUT2D eigenvalue weighted by Gasteiger charge is 2.22. The molecule has 20 heavy (non-hydrogen) atoms. The van der Waals surface area contributed by atoms with Gasteiger partial charge in [-0.05, 0) is 57.0 Å². The Morgan fingerprint density at radius 1 is 1.55 bits per heavy atom. The highest BCUT2D eigenvalue weighted by molar-refractivity contribution is 6.33. The quantitative estimate of drug-likeness (QED) is 0.898. The Labute approximate surface area is 129 Å². The van der Waals surface area contributed by atoms with Crippen molar-refractivity contribution in [3.8, 4) is 0 Å². The molecule has 0 aromatic heterocycles. The summed E-state index contributed by atoms with van der Waals surface area (Å²) in [6.07, 6.45) is 2.23. The molecule has 0 radical (unpaired) electrons. The summed E-state index contributed by atoms with van der Waals surface area (Å²) in [5.74, 6) is -0.258. The first kappa shape index (κ1) is 17.2. The molecule has 1 aliphatic rings. The minimum absolute atomic E-state index is 0. The van der Waals surface area contributed by atoms with Gasteiger partial charge in [-0.2, -0.15) is 0 Å². The molecule has 1 fully saturated rings. The van der Waals surface area contributed by atoms with Crippen LogP contribution in [-0.4, -0.2) is 25.0 Å². The lowest BCUT2D eigenvalue weighted by molar-refractivity contribution is 0.0922. The summed E-state index contributed by atoms with van der Waals surface area (Å²) in [7, 11) is 0. The van der Waals surface area contributed by atoms with E-state index in [1.807, 2.05) is 6.92 Å². The van der Waals surface area contributed by atoms with Gasteiger partial charge in [-0.3, -0.25) is 4.79 Å². The van der Waals surface area contributed by atoms with Crippen molar-refractivity contribution in [3.05, 3.63) is 34.6 Å². The molecule has 1 aromatic carbocycles.